The molecule has 0 atom stereocenters. The third-order valence-corrected chi connectivity index (χ3v) is 8.26. The van der Waals surface area contributed by atoms with E-state index in [9.17, 15) is 9.59 Å². The van der Waals surface area contributed by atoms with Gasteiger partial charge < -0.3 is 20.8 Å². The number of aliphatic carboxylic acids is 2. The van der Waals surface area contributed by atoms with Gasteiger partial charge in [0, 0.05) is 26.7 Å². The summed E-state index contributed by atoms with van der Waals surface area (Å²) in [7, 11) is 0. The topological polar surface area (TPSA) is 133 Å². The summed E-state index contributed by atoms with van der Waals surface area (Å²) in [6, 6.07) is 0. The molecule has 0 saturated carbocycles. The van der Waals surface area contributed by atoms with Crippen LogP contribution in [0.15, 0.2) is 0 Å². The largest absolute Gasteiger partial charge is 0.481 e. The highest BCUT2D eigenvalue weighted by Gasteiger charge is 2.14. The molecule has 286 valence electrons. The van der Waals surface area contributed by atoms with Crippen molar-refractivity contribution < 1.29 is 29.4 Å². The second-order valence-corrected chi connectivity index (χ2v) is 13.5. The molecule has 48 heavy (non-hydrogen) atoms. The second kappa shape index (κ2) is 42.9. The Hall–Kier alpha value is -2.12. The van der Waals surface area contributed by atoms with Crippen molar-refractivity contribution in [1.29, 1.82) is 0 Å². The number of hydrogen-bond donors (Lipinski definition) is 4. The predicted octanol–water partition coefficient (Wildman–Crippen LogP) is 11.5. The number of rotatable bonds is 32. The van der Waals surface area contributed by atoms with E-state index in [2.05, 4.69) is 31.4 Å². The molecule has 0 saturated heterocycles. The monoisotopic (exact) mass is 685 g/mol. The van der Waals surface area contributed by atoms with Crippen LogP contribution in [0.4, 0.5) is 0 Å². The summed E-state index contributed by atoms with van der Waals surface area (Å²) in [6.07, 6.45) is 36.8. The van der Waals surface area contributed by atoms with Crippen LogP contribution in [0.3, 0.4) is 0 Å². The summed E-state index contributed by atoms with van der Waals surface area (Å²) >= 11 is 0. The number of unbranched alkanes of at least 4 members (excludes halogenated alkanes) is 24. The molecule has 0 aromatic carbocycles. The average molecular weight is 685 g/mol. The molecule has 4 N–H and O–H groups in total. The Morgan fingerprint density at radius 3 is 0.812 bits per heavy atom. The molecule has 0 rings (SSSR count). The molecule has 0 unspecified atom stereocenters. The average Bonchev–Trinajstić information content (AvgIpc) is 3.01. The Bertz CT molecular complexity index is 652. The van der Waals surface area contributed by atoms with Crippen LogP contribution in [0.2, 0.25) is 0 Å². The number of carbonyl (C=O) groups is 4. The van der Waals surface area contributed by atoms with Gasteiger partial charge >= 0.3 is 0 Å². The molecule has 0 aromatic heterocycles. The van der Waals surface area contributed by atoms with E-state index in [1.54, 1.807) is 0 Å². The Kier molecular flexibility index (Phi) is 44.9. The third-order valence-electron chi connectivity index (χ3n) is 8.26. The minimum absolute atomic E-state index is 0.0859. The summed E-state index contributed by atoms with van der Waals surface area (Å²) in [5.41, 5.74) is 0. The van der Waals surface area contributed by atoms with Crippen molar-refractivity contribution in [3.05, 3.63) is 0 Å². The van der Waals surface area contributed by atoms with E-state index in [-0.39, 0.29) is 18.0 Å². The lowest BCUT2D eigenvalue weighted by Gasteiger charge is -2.20. The van der Waals surface area contributed by atoms with Crippen LogP contribution in [0.5, 0.6) is 0 Å². The number of hydrogen-bond acceptors (Lipinski definition) is 4. The van der Waals surface area contributed by atoms with Crippen molar-refractivity contribution in [2.75, 3.05) is 0 Å². The highest BCUT2D eigenvalue weighted by Crippen LogP contribution is 2.14. The van der Waals surface area contributed by atoms with Crippen LogP contribution in [0.25, 0.3) is 0 Å². The lowest BCUT2D eigenvalue weighted by atomic mass is 10.0. The number of nitrogens with one attached hydrogen (secondary N) is 2. The summed E-state index contributed by atoms with van der Waals surface area (Å²) in [5, 5.41) is 21.0. The van der Waals surface area contributed by atoms with Gasteiger partial charge in [-0.3, -0.25) is 19.2 Å². The Morgan fingerprint density at radius 2 is 0.604 bits per heavy atom. The van der Waals surface area contributed by atoms with Crippen molar-refractivity contribution in [1.82, 2.24) is 10.6 Å². The van der Waals surface area contributed by atoms with Gasteiger partial charge in [0.15, 0.2) is 0 Å². The fraction of sp³-hybridized carbons (Fsp3) is 0.900. The predicted molar refractivity (Wildman–Crippen MR) is 202 cm³/mol. The van der Waals surface area contributed by atoms with Crippen molar-refractivity contribution >= 4 is 23.8 Å². The number of carbonyl (C=O) groups excluding carboxylic acids is 2. The van der Waals surface area contributed by atoms with Crippen molar-refractivity contribution in [2.24, 2.45) is 0 Å². The van der Waals surface area contributed by atoms with E-state index in [0.717, 1.165) is 52.4 Å². The molecule has 2 amide bonds. The third kappa shape index (κ3) is 53.4. The first kappa shape index (κ1) is 50.3. The lowest BCUT2D eigenvalue weighted by molar-refractivity contribution is -0.135. The summed E-state index contributed by atoms with van der Waals surface area (Å²) in [4.78, 5) is 42.9. The number of carboxylic acid groups (broad SMARTS) is 2. The standard InChI is InChI=1S/C36H72N2O2.2C2H4O2/c1-4-7-9-11-13-15-17-19-21-23-25-27-29-32-35(39)37-34(31-6-3)38-36(40)33-30-28-26-24-22-20-18-16-14-12-10-8-5-2;2*1-2(3)4/h34H,4-33H2,1-3H3,(H,37,39)(H,38,40);2*1H3,(H,3,4). The zero-order chi connectivity index (χ0) is 36.5. The van der Waals surface area contributed by atoms with E-state index in [1.165, 1.54) is 141 Å². The van der Waals surface area contributed by atoms with E-state index in [4.69, 9.17) is 19.8 Å². The van der Waals surface area contributed by atoms with Crippen molar-refractivity contribution in [3.63, 3.8) is 0 Å². The van der Waals surface area contributed by atoms with Gasteiger partial charge in [-0.25, -0.2) is 0 Å². The fourth-order valence-electron chi connectivity index (χ4n) is 5.61. The van der Waals surface area contributed by atoms with E-state index in [0.29, 0.717) is 12.8 Å². The van der Waals surface area contributed by atoms with Gasteiger partial charge in [0.2, 0.25) is 11.8 Å². The van der Waals surface area contributed by atoms with Crippen LogP contribution in [0, 0.1) is 0 Å². The summed E-state index contributed by atoms with van der Waals surface area (Å²) in [5.74, 6) is -1.49. The molecular weight excluding hydrogens is 604 g/mol. The zero-order valence-corrected chi connectivity index (χ0v) is 32.3. The molecule has 0 aliphatic rings. The molecule has 0 fully saturated rings. The lowest BCUT2D eigenvalue weighted by Crippen LogP contribution is -2.47. The molecule has 0 aliphatic carbocycles. The van der Waals surface area contributed by atoms with Gasteiger partial charge in [0.05, 0.1) is 0 Å². The molecule has 0 aromatic rings. The maximum Gasteiger partial charge on any atom is 0.300 e. The van der Waals surface area contributed by atoms with Gasteiger partial charge in [-0.1, -0.05) is 181 Å². The fourth-order valence-corrected chi connectivity index (χ4v) is 5.61. The van der Waals surface area contributed by atoms with Gasteiger partial charge in [-0.05, 0) is 19.3 Å². The van der Waals surface area contributed by atoms with Crippen molar-refractivity contribution in [3.8, 4) is 0 Å². The molecule has 0 spiro atoms. The van der Waals surface area contributed by atoms with Crippen LogP contribution < -0.4 is 10.6 Å². The highest BCUT2D eigenvalue weighted by molar-refractivity contribution is 5.79. The minimum Gasteiger partial charge on any atom is -0.481 e. The van der Waals surface area contributed by atoms with Crippen LogP contribution >= 0.6 is 0 Å². The number of carboxylic acids is 2. The second-order valence-electron chi connectivity index (χ2n) is 13.5. The first-order valence-corrected chi connectivity index (χ1v) is 20.1. The van der Waals surface area contributed by atoms with E-state index < -0.39 is 11.9 Å². The molecule has 0 radical (unpaired) electrons. The maximum absolute atomic E-state index is 12.4. The van der Waals surface area contributed by atoms with Gasteiger partial charge in [-0.2, -0.15) is 0 Å². The first-order chi connectivity index (χ1) is 23.1. The molecule has 0 aliphatic heterocycles. The summed E-state index contributed by atoms with van der Waals surface area (Å²) in [6.45, 7) is 8.82. The Labute approximate surface area is 296 Å². The molecule has 0 bridgehead atoms. The first-order valence-electron chi connectivity index (χ1n) is 20.1. The maximum atomic E-state index is 12.4. The van der Waals surface area contributed by atoms with Crippen LogP contribution in [-0.4, -0.2) is 40.1 Å². The zero-order valence-electron chi connectivity index (χ0n) is 32.3. The Balaban J connectivity index is -0.00000226. The minimum atomic E-state index is -0.833. The van der Waals surface area contributed by atoms with E-state index in [1.807, 2.05) is 0 Å². The van der Waals surface area contributed by atoms with Gasteiger partial charge in [0.1, 0.15) is 6.17 Å². The Morgan fingerprint density at radius 1 is 0.396 bits per heavy atom. The summed E-state index contributed by atoms with van der Waals surface area (Å²) < 4.78 is 0. The number of amides is 2. The smallest absolute Gasteiger partial charge is 0.300 e. The SMILES string of the molecule is CC(=O)O.CC(=O)O.CCCCCCCCCCCCCCCC(=O)NC(CCC)NC(=O)CCCCCCCCCCCCCCC. The van der Waals surface area contributed by atoms with Gasteiger partial charge in [-0.15, -0.1) is 0 Å². The normalized spacial score (nSPS) is 10.5. The highest BCUT2D eigenvalue weighted by atomic mass is 16.4. The molecule has 8 heteroatoms. The van der Waals surface area contributed by atoms with Crippen LogP contribution in [-0.2, 0) is 19.2 Å². The van der Waals surface area contributed by atoms with E-state index >= 15 is 0 Å². The van der Waals surface area contributed by atoms with Crippen LogP contribution in [0.1, 0.15) is 227 Å². The molecule has 8 nitrogen and oxygen atoms in total. The molecular formula is C40H80N2O6. The van der Waals surface area contributed by atoms with Crippen molar-refractivity contribution in [2.45, 2.75) is 233 Å². The van der Waals surface area contributed by atoms with Gasteiger partial charge in [0.25, 0.3) is 11.9 Å². The molecule has 0 heterocycles. The quantitative estimate of drug-likeness (QED) is 0.0412.